The number of benzene rings is 2. The molecular weight excluding hydrogens is 274 g/mol. The van der Waals surface area contributed by atoms with Gasteiger partial charge in [0.25, 0.3) is 0 Å². The summed E-state index contributed by atoms with van der Waals surface area (Å²) in [6.07, 6.45) is 0.0771. The normalized spacial score (nSPS) is 13.3. The number of fused-ring (bicyclic) bond motifs is 3. The van der Waals surface area contributed by atoms with Crippen LogP contribution in [-0.2, 0) is 9.47 Å². The molecule has 0 radical (unpaired) electrons. The van der Waals surface area contributed by atoms with Crippen molar-refractivity contribution < 1.29 is 9.47 Å². The Labute approximate surface area is 131 Å². The van der Waals surface area contributed by atoms with Gasteiger partial charge in [0, 0.05) is 17.4 Å². The first-order chi connectivity index (χ1) is 10.7. The minimum absolute atomic E-state index is 0.114. The number of rotatable bonds is 6. The number of hydrogen-bond acceptors (Lipinski definition) is 2. The summed E-state index contributed by atoms with van der Waals surface area (Å²) >= 11 is 0. The Morgan fingerprint density at radius 2 is 1.41 bits per heavy atom. The van der Waals surface area contributed by atoms with Crippen molar-refractivity contribution in [1.29, 1.82) is 0 Å². The molecule has 1 unspecified atom stereocenters. The molecule has 3 nitrogen and oxygen atoms in total. The number of para-hydroxylation sites is 2. The molecule has 0 aliphatic heterocycles. The van der Waals surface area contributed by atoms with E-state index in [-0.39, 0.29) is 12.3 Å². The molecule has 0 amide bonds. The van der Waals surface area contributed by atoms with Crippen LogP contribution in [0.4, 0.5) is 0 Å². The average molecular weight is 297 g/mol. The smallest absolute Gasteiger partial charge is 0.157 e. The standard InChI is InChI=1S/C19H23NO2/c1-4-21-19(13-22-14(2)3)20-17-11-7-5-9-15(17)16-10-6-8-12-18(16)20/h5-12,14,19H,4,13H2,1-3H3. The zero-order valence-corrected chi connectivity index (χ0v) is 13.5. The fourth-order valence-corrected chi connectivity index (χ4v) is 2.93. The topological polar surface area (TPSA) is 23.4 Å². The molecule has 0 saturated heterocycles. The van der Waals surface area contributed by atoms with E-state index in [1.54, 1.807) is 0 Å². The third-order valence-electron chi connectivity index (χ3n) is 3.84. The second kappa shape index (κ2) is 6.51. The minimum Gasteiger partial charge on any atom is -0.374 e. The second-order valence-corrected chi connectivity index (χ2v) is 5.70. The van der Waals surface area contributed by atoms with Crippen molar-refractivity contribution in [2.45, 2.75) is 33.1 Å². The molecule has 3 aromatic rings. The number of ether oxygens (including phenoxy) is 2. The summed E-state index contributed by atoms with van der Waals surface area (Å²) in [7, 11) is 0. The van der Waals surface area contributed by atoms with E-state index >= 15 is 0 Å². The van der Waals surface area contributed by atoms with Gasteiger partial charge in [0.2, 0.25) is 0 Å². The Balaban J connectivity index is 2.16. The van der Waals surface area contributed by atoms with Crippen LogP contribution in [0.15, 0.2) is 48.5 Å². The van der Waals surface area contributed by atoms with Crippen LogP contribution in [0.5, 0.6) is 0 Å². The van der Waals surface area contributed by atoms with E-state index in [1.807, 2.05) is 6.92 Å². The summed E-state index contributed by atoms with van der Waals surface area (Å²) in [5.74, 6) is 0. The molecule has 3 rings (SSSR count). The minimum atomic E-state index is -0.114. The lowest BCUT2D eigenvalue weighted by Gasteiger charge is -2.22. The van der Waals surface area contributed by atoms with Crippen molar-refractivity contribution in [1.82, 2.24) is 4.57 Å². The number of aromatic nitrogens is 1. The van der Waals surface area contributed by atoms with Crippen molar-refractivity contribution in [3.63, 3.8) is 0 Å². The molecule has 1 heterocycles. The van der Waals surface area contributed by atoms with Crippen molar-refractivity contribution >= 4 is 21.8 Å². The zero-order valence-electron chi connectivity index (χ0n) is 13.5. The van der Waals surface area contributed by atoms with Crippen LogP contribution in [0.1, 0.15) is 27.0 Å². The molecule has 22 heavy (non-hydrogen) atoms. The summed E-state index contributed by atoms with van der Waals surface area (Å²) in [6, 6.07) is 16.9. The van der Waals surface area contributed by atoms with Gasteiger partial charge in [0.15, 0.2) is 6.23 Å². The van der Waals surface area contributed by atoms with Gasteiger partial charge < -0.3 is 14.0 Å². The fraction of sp³-hybridized carbons (Fsp3) is 0.368. The molecule has 0 spiro atoms. The van der Waals surface area contributed by atoms with Crippen LogP contribution in [-0.4, -0.2) is 23.9 Å². The van der Waals surface area contributed by atoms with Crippen molar-refractivity contribution in [2.75, 3.05) is 13.2 Å². The van der Waals surface area contributed by atoms with Gasteiger partial charge >= 0.3 is 0 Å². The van der Waals surface area contributed by atoms with Crippen molar-refractivity contribution in [3.05, 3.63) is 48.5 Å². The van der Waals surface area contributed by atoms with E-state index < -0.39 is 0 Å². The van der Waals surface area contributed by atoms with Crippen LogP contribution < -0.4 is 0 Å². The molecule has 2 aromatic carbocycles. The quantitative estimate of drug-likeness (QED) is 0.655. The largest absolute Gasteiger partial charge is 0.374 e. The van der Waals surface area contributed by atoms with Gasteiger partial charge in [0.1, 0.15) is 0 Å². The maximum absolute atomic E-state index is 5.99. The summed E-state index contributed by atoms with van der Waals surface area (Å²) in [6.45, 7) is 7.33. The number of nitrogens with zero attached hydrogens (tertiary/aromatic N) is 1. The monoisotopic (exact) mass is 297 g/mol. The van der Waals surface area contributed by atoms with Crippen LogP contribution in [0.25, 0.3) is 21.8 Å². The van der Waals surface area contributed by atoms with Crippen molar-refractivity contribution in [3.8, 4) is 0 Å². The third-order valence-corrected chi connectivity index (χ3v) is 3.84. The molecule has 1 atom stereocenters. The summed E-state index contributed by atoms with van der Waals surface area (Å²) < 4.78 is 14.1. The summed E-state index contributed by atoms with van der Waals surface area (Å²) in [4.78, 5) is 0. The van der Waals surface area contributed by atoms with Gasteiger partial charge in [-0.25, -0.2) is 0 Å². The second-order valence-electron chi connectivity index (χ2n) is 5.70. The Kier molecular flexibility index (Phi) is 4.46. The van der Waals surface area contributed by atoms with Crippen LogP contribution in [0.3, 0.4) is 0 Å². The molecule has 3 heteroatoms. The van der Waals surface area contributed by atoms with Gasteiger partial charge in [-0.3, -0.25) is 0 Å². The first kappa shape index (κ1) is 15.1. The van der Waals surface area contributed by atoms with Crippen LogP contribution in [0, 0.1) is 0 Å². The maximum Gasteiger partial charge on any atom is 0.157 e. The Bertz CT molecular complexity index is 707. The van der Waals surface area contributed by atoms with Crippen LogP contribution in [0.2, 0.25) is 0 Å². The van der Waals surface area contributed by atoms with E-state index in [0.717, 1.165) is 0 Å². The van der Waals surface area contributed by atoms with Crippen LogP contribution >= 0.6 is 0 Å². The summed E-state index contributed by atoms with van der Waals surface area (Å²) in [5, 5.41) is 2.51. The van der Waals surface area contributed by atoms with E-state index in [1.165, 1.54) is 21.8 Å². The highest BCUT2D eigenvalue weighted by molar-refractivity contribution is 6.08. The molecule has 1 aromatic heterocycles. The van der Waals surface area contributed by atoms with Gasteiger partial charge in [0.05, 0.1) is 23.7 Å². The molecule has 0 bridgehead atoms. The molecular formula is C19H23NO2. The lowest BCUT2D eigenvalue weighted by molar-refractivity contribution is -0.0639. The van der Waals surface area contributed by atoms with E-state index in [4.69, 9.17) is 9.47 Å². The highest BCUT2D eigenvalue weighted by Gasteiger charge is 2.18. The van der Waals surface area contributed by atoms with Gasteiger partial charge in [-0.05, 0) is 32.9 Å². The first-order valence-corrected chi connectivity index (χ1v) is 7.93. The maximum atomic E-state index is 5.99. The summed E-state index contributed by atoms with van der Waals surface area (Å²) in [5.41, 5.74) is 2.38. The van der Waals surface area contributed by atoms with Gasteiger partial charge in [-0.2, -0.15) is 0 Å². The van der Waals surface area contributed by atoms with Gasteiger partial charge in [-0.15, -0.1) is 0 Å². The third kappa shape index (κ3) is 2.74. The first-order valence-electron chi connectivity index (χ1n) is 7.93. The van der Waals surface area contributed by atoms with E-state index in [9.17, 15) is 0 Å². The molecule has 0 N–H and O–H groups in total. The van der Waals surface area contributed by atoms with E-state index in [2.05, 4.69) is 66.9 Å². The zero-order chi connectivity index (χ0) is 15.5. The highest BCUT2D eigenvalue weighted by atomic mass is 16.5. The lowest BCUT2D eigenvalue weighted by Crippen LogP contribution is -2.20. The molecule has 0 aliphatic rings. The van der Waals surface area contributed by atoms with Gasteiger partial charge in [-0.1, -0.05) is 36.4 Å². The molecule has 116 valence electrons. The Morgan fingerprint density at radius 1 is 0.864 bits per heavy atom. The van der Waals surface area contributed by atoms with E-state index in [0.29, 0.717) is 13.2 Å². The van der Waals surface area contributed by atoms with Crippen molar-refractivity contribution in [2.24, 2.45) is 0 Å². The number of hydrogen-bond donors (Lipinski definition) is 0. The molecule has 0 saturated carbocycles. The fourth-order valence-electron chi connectivity index (χ4n) is 2.93. The highest BCUT2D eigenvalue weighted by Crippen LogP contribution is 2.32. The Hall–Kier alpha value is -1.84. The molecule has 0 aliphatic carbocycles. The Morgan fingerprint density at radius 3 is 1.91 bits per heavy atom. The predicted octanol–water partition coefficient (Wildman–Crippen LogP) is 4.75. The lowest BCUT2D eigenvalue weighted by atomic mass is 10.2. The predicted molar refractivity (Wildman–Crippen MR) is 91.2 cm³/mol. The molecule has 0 fully saturated rings. The SMILES string of the molecule is CCOC(COC(C)C)n1c2ccccc2c2ccccc21. The average Bonchev–Trinajstić information content (AvgIpc) is 2.86.